The first-order chi connectivity index (χ1) is 16.0. The Balaban J connectivity index is 1.40. The summed E-state index contributed by atoms with van der Waals surface area (Å²) in [4.78, 5) is 16.8. The summed E-state index contributed by atoms with van der Waals surface area (Å²) >= 11 is 0. The van der Waals surface area contributed by atoms with E-state index in [-0.39, 0.29) is 24.2 Å². The van der Waals surface area contributed by atoms with Crippen molar-refractivity contribution in [2.75, 3.05) is 19.6 Å². The highest BCUT2D eigenvalue weighted by Gasteiger charge is 2.33. The van der Waals surface area contributed by atoms with Crippen LogP contribution in [-0.2, 0) is 17.7 Å². The highest BCUT2D eigenvalue weighted by atomic mass is 16.6. The monoisotopic (exact) mass is 470 g/mol. The van der Waals surface area contributed by atoms with Crippen molar-refractivity contribution in [2.45, 2.75) is 91.0 Å². The minimum absolute atomic E-state index is 0.0926. The lowest BCUT2D eigenvalue weighted by atomic mass is 9.82. The molecule has 1 atom stereocenters. The maximum atomic E-state index is 12.5. The highest BCUT2D eigenvalue weighted by Crippen LogP contribution is 2.36. The van der Waals surface area contributed by atoms with Crippen LogP contribution in [0.3, 0.4) is 0 Å². The third kappa shape index (κ3) is 5.78. The molecule has 1 aromatic heterocycles. The molecular formula is C26H38N4O4. The molecule has 0 unspecified atom stereocenters. The fraction of sp³-hybridized carbons (Fsp3) is 0.654. The molecule has 1 aliphatic heterocycles. The van der Waals surface area contributed by atoms with Crippen LogP contribution in [0.5, 0.6) is 0 Å². The zero-order valence-electron chi connectivity index (χ0n) is 21.3. The molecule has 0 bridgehead atoms. The summed E-state index contributed by atoms with van der Waals surface area (Å²) in [5.41, 5.74) is 4.44. The summed E-state index contributed by atoms with van der Waals surface area (Å²) < 4.78 is 11.5. The van der Waals surface area contributed by atoms with Gasteiger partial charge in [0.15, 0.2) is 0 Å². The molecule has 2 fully saturated rings. The summed E-state index contributed by atoms with van der Waals surface area (Å²) in [5.74, 6) is 1.45. The Morgan fingerprint density at radius 2 is 1.88 bits per heavy atom. The predicted octanol–water partition coefficient (Wildman–Crippen LogP) is 3.96. The van der Waals surface area contributed by atoms with Gasteiger partial charge in [-0.15, -0.1) is 10.2 Å². The lowest BCUT2D eigenvalue weighted by molar-refractivity contribution is 0.000531. The largest absolute Gasteiger partial charge is 0.444 e. The molecule has 1 saturated carbocycles. The Morgan fingerprint density at radius 1 is 1.18 bits per heavy atom. The fourth-order valence-corrected chi connectivity index (χ4v) is 4.83. The molecule has 2 aliphatic rings. The van der Waals surface area contributed by atoms with Crippen LogP contribution in [0.15, 0.2) is 16.5 Å². The Bertz CT molecular complexity index is 1020. The number of aromatic nitrogens is 2. The number of piperazine rings is 1. The van der Waals surface area contributed by atoms with Crippen molar-refractivity contribution in [1.29, 1.82) is 0 Å². The van der Waals surface area contributed by atoms with E-state index in [1.165, 1.54) is 22.3 Å². The molecule has 1 aromatic carbocycles. The fourth-order valence-electron chi connectivity index (χ4n) is 4.83. The van der Waals surface area contributed by atoms with E-state index in [0.717, 1.165) is 19.6 Å². The van der Waals surface area contributed by atoms with Crippen molar-refractivity contribution in [1.82, 2.24) is 20.0 Å². The minimum Gasteiger partial charge on any atom is -0.444 e. The lowest BCUT2D eigenvalue weighted by Gasteiger charge is -2.40. The maximum absolute atomic E-state index is 12.5. The minimum atomic E-state index is -0.485. The summed E-state index contributed by atoms with van der Waals surface area (Å²) in [6.07, 6.45) is 1.54. The second kappa shape index (κ2) is 9.66. The topological polar surface area (TPSA) is 91.9 Å². The number of benzene rings is 1. The van der Waals surface area contributed by atoms with Crippen LogP contribution >= 0.6 is 0 Å². The summed E-state index contributed by atoms with van der Waals surface area (Å²) in [6, 6.07) is 4.53. The predicted molar refractivity (Wildman–Crippen MR) is 129 cm³/mol. The van der Waals surface area contributed by atoms with Crippen LogP contribution in [0.1, 0.15) is 80.5 Å². The Kier molecular flexibility index (Phi) is 7.01. The van der Waals surface area contributed by atoms with E-state index in [9.17, 15) is 9.90 Å². The molecule has 8 heteroatoms. The van der Waals surface area contributed by atoms with Crippen LogP contribution in [0.4, 0.5) is 4.79 Å². The molecular weight excluding hydrogens is 432 g/mol. The quantitative estimate of drug-likeness (QED) is 0.707. The molecule has 8 nitrogen and oxygen atoms in total. The van der Waals surface area contributed by atoms with E-state index in [1.807, 2.05) is 25.7 Å². The first-order valence-electron chi connectivity index (χ1n) is 12.3. The zero-order chi connectivity index (χ0) is 24.6. The number of aliphatic hydroxyl groups is 1. The third-order valence-corrected chi connectivity index (χ3v) is 6.79. The standard InChI is InChI=1S/C26H38N4O4/c1-16-9-19(13-23-27-28-24(33-23)20-11-22(31)12-20)18(3)21(10-16)15-29-7-8-30(17(2)14-29)25(32)34-26(4,5)6/h9-10,17,20,22,31H,7-8,11-15H2,1-6H3/t17-,20?,22?/m0/s1. The van der Waals surface area contributed by atoms with Crippen LogP contribution in [0.25, 0.3) is 0 Å². The molecule has 4 rings (SSSR count). The molecule has 2 heterocycles. The maximum Gasteiger partial charge on any atom is 0.410 e. The summed E-state index contributed by atoms with van der Waals surface area (Å²) in [7, 11) is 0. The van der Waals surface area contributed by atoms with E-state index in [2.05, 4.69) is 48.0 Å². The van der Waals surface area contributed by atoms with E-state index < -0.39 is 5.60 Å². The van der Waals surface area contributed by atoms with Gasteiger partial charge in [-0.05, 0) is 71.1 Å². The Morgan fingerprint density at radius 3 is 2.53 bits per heavy atom. The molecule has 0 radical (unpaired) electrons. The van der Waals surface area contributed by atoms with Crippen molar-refractivity contribution in [3.63, 3.8) is 0 Å². The lowest BCUT2D eigenvalue weighted by Crippen LogP contribution is -2.54. The van der Waals surface area contributed by atoms with E-state index in [0.29, 0.717) is 37.6 Å². The number of rotatable bonds is 5. The van der Waals surface area contributed by atoms with Crippen molar-refractivity contribution in [2.24, 2.45) is 0 Å². The van der Waals surface area contributed by atoms with Crippen LogP contribution in [0, 0.1) is 13.8 Å². The van der Waals surface area contributed by atoms with Gasteiger partial charge in [0, 0.05) is 38.1 Å². The first-order valence-corrected chi connectivity index (χ1v) is 12.3. The molecule has 186 valence electrons. The Labute approximate surface area is 202 Å². The van der Waals surface area contributed by atoms with Crippen molar-refractivity contribution in [3.8, 4) is 0 Å². The van der Waals surface area contributed by atoms with E-state index >= 15 is 0 Å². The van der Waals surface area contributed by atoms with Crippen LogP contribution in [0.2, 0.25) is 0 Å². The van der Waals surface area contributed by atoms with Gasteiger partial charge in [-0.1, -0.05) is 17.7 Å². The van der Waals surface area contributed by atoms with Gasteiger partial charge in [0.2, 0.25) is 11.8 Å². The van der Waals surface area contributed by atoms with Crippen LogP contribution < -0.4 is 0 Å². The molecule has 1 amide bonds. The Hall–Kier alpha value is -2.45. The average Bonchev–Trinajstić information content (AvgIpc) is 3.15. The number of hydrogen-bond acceptors (Lipinski definition) is 7. The average molecular weight is 471 g/mol. The van der Waals surface area contributed by atoms with Gasteiger partial charge >= 0.3 is 6.09 Å². The number of carbonyl (C=O) groups is 1. The normalized spacial score (nSPS) is 23.6. The zero-order valence-corrected chi connectivity index (χ0v) is 21.3. The van der Waals surface area contributed by atoms with Crippen LogP contribution in [-0.4, -0.2) is 68.6 Å². The summed E-state index contributed by atoms with van der Waals surface area (Å²) in [6.45, 7) is 15.2. The highest BCUT2D eigenvalue weighted by molar-refractivity contribution is 5.68. The number of carbonyl (C=O) groups excluding carboxylic acids is 1. The number of ether oxygens (including phenoxy) is 1. The summed E-state index contributed by atoms with van der Waals surface area (Å²) in [5, 5.41) is 18.0. The second-order valence-electron chi connectivity index (χ2n) is 11.0. The molecule has 0 spiro atoms. The van der Waals surface area contributed by atoms with Crippen molar-refractivity contribution < 1.29 is 19.1 Å². The molecule has 1 aliphatic carbocycles. The number of amides is 1. The van der Waals surface area contributed by atoms with E-state index in [4.69, 9.17) is 9.15 Å². The smallest absolute Gasteiger partial charge is 0.410 e. The van der Waals surface area contributed by atoms with Gasteiger partial charge < -0.3 is 19.2 Å². The van der Waals surface area contributed by atoms with Gasteiger partial charge in [0.25, 0.3) is 0 Å². The molecule has 1 saturated heterocycles. The number of hydrogen-bond donors (Lipinski definition) is 1. The first kappa shape index (κ1) is 24.7. The second-order valence-corrected chi connectivity index (χ2v) is 11.0. The number of aryl methyl sites for hydroxylation is 1. The SMILES string of the molecule is Cc1cc(Cc2nnc(C3CC(O)C3)o2)c(C)c(CN2CCN(C(=O)OC(C)(C)C)[C@@H](C)C2)c1. The van der Waals surface area contributed by atoms with Gasteiger partial charge in [0.1, 0.15) is 5.60 Å². The van der Waals surface area contributed by atoms with E-state index in [1.54, 1.807) is 0 Å². The van der Waals surface area contributed by atoms with Gasteiger partial charge in [0.05, 0.1) is 12.5 Å². The van der Waals surface area contributed by atoms with Gasteiger partial charge in [-0.25, -0.2) is 4.79 Å². The van der Waals surface area contributed by atoms with Crippen molar-refractivity contribution in [3.05, 3.63) is 46.2 Å². The third-order valence-electron chi connectivity index (χ3n) is 6.79. The molecule has 34 heavy (non-hydrogen) atoms. The molecule has 1 N–H and O–H groups in total. The number of aliphatic hydroxyl groups excluding tert-OH is 1. The number of nitrogens with zero attached hydrogens (tertiary/aromatic N) is 4. The van der Waals surface area contributed by atoms with Gasteiger partial charge in [-0.2, -0.15) is 0 Å². The van der Waals surface area contributed by atoms with Gasteiger partial charge in [-0.3, -0.25) is 4.90 Å². The molecule has 2 aromatic rings. The van der Waals surface area contributed by atoms with Crippen molar-refractivity contribution >= 4 is 6.09 Å².